The Morgan fingerprint density at radius 2 is 2.18 bits per heavy atom. The first-order valence-corrected chi connectivity index (χ1v) is 4.74. The molecule has 2 atom stereocenters. The van der Waals surface area contributed by atoms with Gasteiger partial charge in [-0.1, -0.05) is 6.07 Å². The van der Waals surface area contributed by atoms with E-state index in [1.807, 2.05) is 0 Å². The summed E-state index contributed by atoms with van der Waals surface area (Å²) in [5.74, 6) is 0. The number of nitrogen functional groups attached to an aromatic ring is 1. The molecule has 0 bridgehead atoms. The van der Waals surface area contributed by atoms with Crippen LogP contribution < -0.4 is 5.73 Å². The van der Waals surface area contributed by atoms with Crippen molar-refractivity contribution in [3.8, 4) is 6.07 Å². The van der Waals surface area contributed by atoms with Crippen LogP contribution in [0.1, 0.15) is 18.1 Å². The second kappa shape index (κ2) is 5.25. The van der Waals surface area contributed by atoms with Crippen LogP contribution in [0.4, 0.5) is 11.4 Å². The summed E-state index contributed by atoms with van der Waals surface area (Å²) in [4.78, 5) is 9.94. The molecule has 17 heavy (non-hydrogen) atoms. The number of hydrogen-bond donors (Lipinski definition) is 3. The Kier molecular flexibility index (Phi) is 3.98. The molecule has 2 unspecified atom stereocenters. The fraction of sp³-hybridized carbons (Fsp3) is 0.300. The zero-order valence-corrected chi connectivity index (χ0v) is 8.78. The Hall–Kier alpha value is -2.17. The van der Waals surface area contributed by atoms with Crippen molar-refractivity contribution in [2.45, 2.75) is 18.6 Å². The highest BCUT2D eigenvalue weighted by Gasteiger charge is 2.21. The number of nitriles is 1. The molecular formula is C10H11N3O4. The molecule has 1 aromatic rings. The van der Waals surface area contributed by atoms with Crippen LogP contribution in [0.5, 0.6) is 0 Å². The lowest BCUT2D eigenvalue weighted by Crippen LogP contribution is -2.17. The maximum Gasteiger partial charge on any atom is 0.292 e. The van der Waals surface area contributed by atoms with Gasteiger partial charge in [-0.2, -0.15) is 5.26 Å². The van der Waals surface area contributed by atoms with E-state index in [0.29, 0.717) is 0 Å². The van der Waals surface area contributed by atoms with Gasteiger partial charge in [-0.25, -0.2) is 0 Å². The molecule has 7 heteroatoms. The van der Waals surface area contributed by atoms with E-state index in [9.17, 15) is 20.3 Å². The summed E-state index contributed by atoms with van der Waals surface area (Å²) >= 11 is 0. The fourth-order valence-corrected chi connectivity index (χ4v) is 1.33. The van der Waals surface area contributed by atoms with Crippen LogP contribution in [-0.4, -0.2) is 21.2 Å². The average Bonchev–Trinajstić information content (AvgIpc) is 2.28. The molecule has 0 saturated carbocycles. The standard InChI is InChI=1S/C10H11N3O4/c11-4-3-9(14)10(15)6-1-2-7(12)8(5-6)13(16)17/h1-2,5,9-10,14-15H,3,12H2. The van der Waals surface area contributed by atoms with Crippen LogP contribution in [0.15, 0.2) is 18.2 Å². The number of hydrogen-bond acceptors (Lipinski definition) is 6. The number of nitro benzene ring substituents is 1. The first-order valence-electron chi connectivity index (χ1n) is 4.74. The number of aliphatic hydroxyl groups excluding tert-OH is 2. The van der Waals surface area contributed by atoms with Crippen LogP contribution in [0.2, 0.25) is 0 Å². The molecule has 0 amide bonds. The SMILES string of the molecule is N#CCC(O)C(O)c1ccc(N)c([N+](=O)[O-])c1. The molecule has 0 heterocycles. The molecule has 0 radical (unpaired) electrons. The fourth-order valence-electron chi connectivity index (χ4n) is 1.33. The summed E-state index contributed by atoms with van der Waals surface area (Å²) in [7, 11) is 0. The summed E-state index contributed by atoms with van der Waals surface area (Å²) in [6, 6.07) is 5.42. The summed E-state index contributed by atoms with van der Waals surface area (Å²) in [5, 5.41) is 38.0. The third kappa shape index (κ3) is 2.90. The number of nitrogens with two attached hydrogens (primary N) is 1. The minimum Gasteiger partial charge on any atom is -0.393 e. The lowest BCUT2D eigenvalue weighted by atomic mass is 10.0. The van der Waals surface area contributed by atoms with Gasteiger partial charge < -0.3 is 15.9 Å². The molecule has 0 aliphatic rings. The van der Waals surface area contributed by atoms with Gasteiger partial charge in [0.2, 0.25) is 0 Å². The Bertz CT molecular complexity index is 469. The molecule has 7 nitrogen and oxygen atoms in total. The average molecular weight is 237 g/mol. The maximum atomic E-state index is 10.6. The van der Waals surface area contributed by atoms with E-state index in [2.05, 4.69) is 0 Å². The van der Waals surface area contributed by atoms with E-state index in [4.69, 9.17) is 11.0 Å². The maximum absolute atomic E-state index is 10.6. The highest BCUT2D eigenvalue weighted by atomic mass is 16.6. The predicted octanol–water partition coefficient (Wildman–Crippen LogP) is 0.485. The molecule has 0 fully saturated rings. The van der Waals surface area contributed by atoms with E-state index in [1.54, 1.807) is 6.07 Å². The second-order valence-corrected chi connectivity index (χ2v) is 3.45. The molecular weight excluding hydrogens is 226 g/mol. The monoisotopic (exact) mass is 237 g/mol. The first kappa shape index (κ1) is 12.9. The molecule has 1 aromatic carbocycles. The van der Waals surface area contributed by atoms with Gasteiger partial charge in [-0.15, -0.1) is 0 Å². The zero-order chi connectivity index (χ0) is 13.0. The van der Waals surface area contributed by atoms with Crippen molar-refractivity contribution in [1.82, 2.24) is 0 Å². The Morgan fingerprint density at radius 3 is 2.71 bits per heavy atom. The molecule has 0 aromatic heterocycles. The lowest BCUT2D eigenvalue weighted by molar-refractivity contribution is -0.384. The van der Waals surface area contributed by atoms with E-state index in [0.717, 1.165) is 6.07 Å². The number of aliphatic hydroxyl groups is 2. The van der Waals surface area contributed by atoms with E-state index < -0.39 is 17.1 Å². The quantitative estimate of drug-likeness (QED) is 0.396. The molecule has 4 N–H and O–H groups in total. The summed E-state index contributed by atoms with van der Waals surface area (Å²) in [5.41, 5.74) is 5.17. The minimum atomic E-state index is -1.35. The van der Waals surface area contributed by atoms with Gasteiger partial charge in [0.15, 0.2) is 0 Å². The van der Waals surface area contributed by atoms with Crippen LogP contribution >= 0.6 is 0 Å². The Labute approximate surface area is 96.9 Å². The first-order chi connectivity index (χ1) is 7.97. The summed E-state index contributed by atoms with van der Waals surface area (Å²) in [6.07, 6.45) is -2.91. The number of nitro groups is 1. The van der Waals surface area contributed by atoms with Crippen molar-refractivity contribution < 1.29 is 15.1 Å². The Balaban J connectivity index is 3.04. The van der Waals surface area contributed by atoms with Crippen molar-refractivity contribution in [2.75, 3.05) is 5.73 Å². The van der Waals surface area contributed by atoms with E-state index in [1.165, 1.54) is 12.1 Å². The summed E-state index contributed by atoms with van der Waals surface area (Å²) in [6.45, 7) is 0. The Morgan fingerprint density at radius 1 is 1.53 bits per heavy atom. The van der Waals surface area contributed by atoms with Gasteiger partial charge in [0.25, 0.3) is 5.69 Å². The van der Waals surface area contributed by atoms with Crippen LogP contribution in [-0.2, 0) is 0 Å². The largest absolute Gasteiger partial charge is 0.393 e. The third-order valence-corrected chi connectivity index (χ3v) is 2.26. The minimum absolute atomic E-state index is 0.0271. The summed E-state index contributed by atoms with van der Waals surface area (Å²) < 4.78 is 0. The van der Waals surface area contributed by atoms with Crippen LogP contribution in [0.25, 0.3) is 0 Å². The van der Waals surface area contributed by atoms with Crippen LogP contribution in [0, 0.1) is 21.4 Å². The van der Waals surface area contributed by atoms with Gasteiger partial charge in [0, 0.05) is 6.07 Å². The molecule has 0 spiro atoms. The highest BCUT2D eigenvalue weighted by Crippen LogP contribution is 2.27. The van der Waals surface area contributed by atoms with Crippen molar-refractivity contribution in [3.63, 3.8) is 0 Å². The highest BCUT2D eigenvalue weighted by molar-refractivity contribution is 5.59. The number of nitrogens with zero attached hydrogens (tertiary/aromatic N) is 2. The van der Waals surface area contributed by atoms with Gasteiger partial charge in [-0.3, -0.25) is 10.1 Å². The van der Waals surface area contributed by atoms with Crippen molar-refractivity contribution in [1.29, 1.82) is 5.26 Å². The van der Waals surface area contributed by atoms with Gasteiger partial charge >= 0.3 is 0 Å². The number of benzene rings is 1. The van der Waals surface area contributed by atoms with Crippen molar-refractivity contribution in [2.24, 2.45) is 0 Å². The lowest BCUT2D eigenvalue weighted by Gasteiger charge is -2.15. The van der Waals surface area contributed by atoms with Crippen molar-refractivity contribution >= 4 is 11.4 Å². The van der Waals surface area contributed by atoms with E-state index in [-0.39, 0.29) is 23.4 Å². The second-order valence-electron chi connectivity index (χ2n) is 3.45. The molecule has 0 saturated heterocycles. The molecule has 1 rings (SSSR count). The van der Waals surface area contributed by atoms with Gasteiger partial charge in [0.05, 0.1) is 23.5 Å². The third-order valence-electron chi connectivity index (χ3n) is 2.26. The van der Waals surface area contributed by atoms with Gasteiger partial charge in [0.1, 0.15) is 11.8 Å². The van der Waals surface area contributed by atoms with Crippen LogP contribution in [0.3, 0.4) is 0 Å². The van der Waals surface area contributed by atoms with E-state index >= 15 is 0 Å². The smallest absolute Gasteiger partial charge is 0.292 e. The number of rotatable bonds is 4. The predicted molar refractivity (Wildman–Crippen MR) is 58.7 cm³/mol. The number of anilines is 1. The van der Waals surface area contributed by atoms with Crippen molar-refractivity contribution in [3.05, 3.63) is 33.9 Å². The zero-order valence-electron chi connectivity index (χ0n) is 8.78. The normalized spacial score (nSPS) is 13.7. The molecule has 0 aliphatic heterocycles. The van der Waals surface area contributed by atoms with Gasteiger partial charge in [-0.05, 0) is 11.6 Å². The molecule has 0 aliphatic carbocycles. The molecule has 90 valence electrons. The topological polar surface area (TPSA) is 133 Å².